The Hall–Kier alpha value is -2.87. The lowest BCUT2D eigenvalue weighted by Crippen LogP contribution is -2.11. The van der Waals surface area contributed by atoms with Crippen molar-refractivity contribution in [2.45, 2.75) is 18.2 Å². The summed E-state index contributed by atoms with van der Waals surface area (Å²) in [5, 5.41) is 20.9. The normalized spacial score (nSPS) is 10.7. The smallest absolute Gasteiger partial charge is 0.313 e. The number of carbonyl (C=O) groups is 1. The van der Waals surface area contributed by atoms with Crippen molar-refractivity contribution in [3.05, 3.63) is 71.8 Å². The van der Waals surface area contributed by atoms with Gasteiger partial charge in [0.05, 0.1) is 18.8 Å². The summed E-state index contributed by atoms with van der Waals surface area (Å²) >= 11 is 1.13. The number of carboxylic acids is 1. The molecule has 0 aliphatic heterocycles. The molecule has 1 heterocycles. The largest absolute Gasteiger partial charge is 0.481 e. The monoisotopic (exact) mass is 372 g/mol. The number of aromatic nitrogens is 3. The second-order valence-corrected chi connectivity index (χ2v) is 6.46. The first kappa shape index (κ1) is 17.9. The van der Waals surface area contributed by atoms with E-state index in [1.165, 1.54) is 12.1 Å². The molecule has 0 aliphatic rings. The number of hydrogen-bond donors (Lipinski definition) is 2. The predicted molar refractivity (Wildman–Crippen MR) is 97.7 cm³/mol. The van der Waals surface area contributed by atoms with Crippen LogP contribution in [0.25, 0.3) is 0 Å². The number of rotatable bonds is 8. The average Bonchev–Trinajstić information content (AvgIpc) is 3.02. The van der Waals surface area contributed by atoms with Crippen LogP contribution in [0.15, 0.2) is 59.8 Å². The molecule has 0 atom stereocenters. The molecule has 1 aromatic heterocycles. The van der Waals surface area contributed by atoms with Gasteiger partial charge < -0.3 is 15.0 Å². The van der Waals surface area contributed by atoms with Crippen molar-refractivity contribution in [3.63, 3.8) is 0 Å². The van der Waals surface area contributed by atoms with Crippen molar-refractivity contribution < 1.29 is 14.3 Å². The molecule has 0 amide bonds. The molecular weight excluding hydrogens is 355 g/mol. The number of benzene rings is 2. The maximum absolute atomic E-state index is 13.0. The van der Waals surface area contributed by atoms with Crippen molar-refractivity contribution in [2.24, 2.45) is 0 Å². The molecule has 26 heavy (non-hydrogen) atoms. The lowest BCUT2D eigenvalue weighted by molar-refractivity contribution is -0.133. The Balaban J connectivity index is 1.78. The topological polar surface area (TPSA) is 80.0 Å². The van der Waals surface area contributed by atoms with E-state index in [0.717, 1.165) is 23.0 Å². The zero-order chi connectivity index (χ0) is 18.4. The molecule has 3 rings (SSSR count). The van der Waals surface area contributed by atoms with Gasteiger partial charge in [-0.05, 0) is 29.8 Å². The Morgan fingerprint density at radius 2 is 1.85 bits per heavy atom. The summed E-state index contributed by atoms with van der Waals surface area (Å²) in [4.78, 5) is 10.9. The number of halogens is 1. The minimum atomic E-state index is -0.907. The molecule has 0 saturated carbocycles. The fourth-order valence-corrected chi connectivity index (χ4v) is 3.03. The van der Waals surface area contributed by atoms with Crippen LogP contribution in [0.5, 0.6) is 0 Å². The number of anilines is 1. The van der Waals surface area contributed by atoms with E-state index >= 15 is 0 Å². The summed E-state index contributed by atoms with van der Waals surface area (Å²) in [7, 11) is 0. The Morgan fingerprint density at radius 1 is 1.12 bits per heavy atom. The van der Waals surface area contributed by atoms with Crippen LogP contribution in [0.2, 0.25) is 0 Å². The van der Waals surface area contributed by atoms with Gasteiger partial charge in [-0.3, -0.25) is 4.79 Å². The number of hydrogen-bond acceptors (Lipinski definition) is 5. The van der Waals surface area contributed by atoms with E-state index in [1.807, 2.05) is 34.9 Å². The Kier molecular flexibility index (Phi) is 5.85. The van der Waals surface area contributed by atoms with Crippen LogP contribution >= 0.6 is 11.8 Å². The summed E-state index contributed by atoms with van der Waals surface area (Å²) in [5.41, 5.74) is 1.83. The molecule has 2 N–H and O–H groups in total. The first-order valence-corrected chi connectivity index (χ1v) is 8.90. The van der Waals surface area contributed by atoms with Crippen LogP contribution < -0.4 is 5.32 Å². The van der Waals surface area contributed by atoms with E-state index in [-0.39, 0.29) is 11.6 Å². The van der Waals surface area contributed by atoms with E-state index in [2.05, 4.69) is 15.5 Å². The molecule has 0 unspecified atom stereocenters. The van der Waals surface area contributed by atoms with Crippen LogP contribution in [0.4, 0.5) is 10.1 Å². The highest BCUT2D eigenvalue weighted by atomic mass is 32.2. The minimum absolute atomic E-state index is 0.0850. The van der Waals surface area contributed by atoms with Gasteiger partial charge in [-0.15, -0.1) is 10.2 Å². The van der Waals surface area contributed by atoms with Gasteiger partial charge in [0.25, 0.3) is 0 Å². The standard InChI is InChI=1S/C18H17FN4O2S/c19-14-6-8-15(9-7-14)20-10-16-21-22-18(26-12-17(24)25)23(16)11-13-4-2-1-3-5-13/h1-9,20H,10-12H2,(H,24,25). The lowest BCUT2D eigenvalue weighted by atomic mass is 10.2. The molecule has 8 heteroatoms. The number of thioether (sulfide) groups is 1. The van der Waals surface area contributed by atoms with Gasteiger partial charge in [-0.25, -0.2) is 4.39 Å². The average molecular weight is 372 g/mol. The van der Waals surface area contributed by atoms with Gasteiger partial charge in [-0.2, -0.15) is 0 Å². The molecule has 0 spiro atoms. The molecule has 2 aromatic carbocycles. The summed E-state index contributed by atoms with van der Waals surface area (Å²) in [6.07, 6.45) is 0. The fraction of sp³-hybridized carbons (Fsp3) is 0.167. The van der Waals surface area contributed by atoms with Crippen molar-refractivity contribution in [1.29, 1.82) is 0 Å². The second kappa shape index (κ2) is 8.48. The highest BCUT2D eigenvalue weighted by molar-refractivity contribution is 7.99. The molecule has 0 bridgehead atoms. The SMILES string of the molecule is O=C(O)CSc1nnc(CNc2ccc(F)cc2)n1Cc1ccccc1. The summed E-state index contributed by atoms with van der Waals surface area (Å²) in [5.74, 6) is -0.616. The summed E-state index contributed by atoms with van der Waals surface area (Å²) < 4.78 is 14.9. The summed E-state index contributed by atoms with van der Waals surface area (Å²) in [6, 6.07) is 15.9. The highest BCUT2D eigenvalue weighted by Crippen LogP contribution is 2.19. The molecule has 0 aliphatic carbocycles. The van der Waals surface area contributed by atoms with Crippen LogP contribution in [-0.4, -0.2) is 31.6 Å². The van der Waals surface area contributed by atoms with Crippen LogP contribution in [0.3, 0.4) is 0 Å². The van der Waals surface area contributed by atoms with E-state index in [9.17, 15) is 9.18 Å². The van der Waals surface area contributed by atoms with Crippen molar-refractivity contribution >= 4 is 23.4 Å². The van der Waals surface area contributed by atoms with E-state index in [0.29, 0.717) is 24.1 Å². The zero-order valence-electron chi connectivity index (χ0n) is 13.8. The van der Waals surface area contributed by atoms with Gasteiger partial charge in [0.15, 0.2) is 11.0 Å². The third-order valence-electron chi connectivity index (χ3n) is 3.60. The third kappa shape index (κ3) is 4.82. The Morgan fingerprint density at radius 3 is 2.54 bits per heavy atom. The number of carboxylic acid groups (broad SMARTS) is 1. The second-order valence-electron chi connectivity index (χ2n) is 5.51. The molecular formula is C18H17FN4O2S. The minimum Gasteiger partial charge on any atom is -0.481 e. The van der Waals surface area contributed by atoms with E-state index < -0.39 is 5.97 Å². The van der Waals surface area contributed by atoms with Crippen molar-refractivity contribution in [1.82, 2.24) is 14.8 Å². The molecule has 6 nitrogen and oxygen atoms in total. The Labute approximate surface area is 154 Å². The van der Waals surface area contributed by atoms with Gasteiger partial charge >= 0.3 is 5.97 Å². The first-order valence-electron chi connectivity index (χ1n) is 7.92. The van der Waals surface area contributed by atoms with Crippen LogP contribution in [-0.2, 0) is 17.9 Å². The lowest BCUT2D eigenvalue weighted by Gasteiger charge is -2.11. The first-order chi connectivity index (χ1) is 12.6. The molecule has 134 valence electrons. The predicted octanol–water partition coefficient (Wildman–Crippen LogP) is 3.25. The quantitative estimate of drug-likeness (QED) is 0.591. The molecule has 0 fully saturated rings. The molecule has 3 aromatic rings. The van der Waals surface area contributed by atoms with Crippen molar-refractivity contribution in [2.75, 3.05) is 11.1 Å². The van der Waals surface area contributed by atoms with Gasteiger partial charge in [-0.1, -0.05) is 42.1 Å². The van der Waals surface area contributed by atoms with Gasteiger partial charge in [0.2, 0.25) is 0 Å². The maximum Gasteiger partial charge on any atom is 0.313 e. The number of nitrogens with zero attached hydrogens (tertiary/aromatic N) is 3. The van der Waals surface area contributed by atoms with Gasteiger partial charge in [0, 0.05) is 5.69 Å². The van der Waals surface area contributed by atoms with E-state index in [4.69, 9.17) is 5.11 Å². The van der Waals surface area contributed by atoms with Crippen molar-refractivity contribution in [3.8, 4) is 0 Å². The van der Waals surface area contributed by atoms with E-state index in [1.54, 1.807) is 12.1 Å². The third-order valence-corrected chi connectivity index (χ3v) is 4.55. The zero-order valence-corrected chi connectivity index (χ0v) is 14.6. The van der Waals surface area contributed by atoms with Crippen LogP contribution in [0.1, 0.15) is 11.4 Å². The number of nitrogens with one attached hydrogen (secondary N) is 1. The molecule has 0 saturated heterocycles. The van der Waals surface area contributed by atoms with Crippen LogP contribution in [0, 0.1) is 5.82 Å². The maximum atomic E-state index is 13.0. The Bertz CT molecular complexity index is 869. The summed E-state index contributed by atoms with van der Waals surface area (Å²) in [6.45, 7) is 0.926. The fourth-order valence-electron chi connectivity index (χ4n) is 2.36. The highest BCUT2D eigenvalue weighted by Gasteiger charge is 2.14. The molecule has 0 radical (unpaired) electrons. The number of aliphatic carboxylic acids is 1. The van der Waals surface area contributed by atoms with Gasteiger partial charge in [0.1, 0.15) is 5.82 Å².